The number of carbonyl (C=O) groups excluding carboxylic acids is 2. The van der Waals surface area contributed by atoms with Crippen molar-refractivity contribution in [2.45, 2.75) is 0 Å². The van der Waals surface area contributed by atoms with Gasteiger partial charge in [0, 0.05) is 13.2 Å². The van der Waals surface area contributed by atoms with Crippen molar-refractivity contribution in [3.05, 3.63) is 24.4 Å². The SMILES string of the molecule is CN1CC(=O)N(c2ccccn2)C1=O. The van der Waals surface area contributed by atoms with Gasteiger partial charge in [-0.15, -0.1) is 0 Å². The van der Waals surface area contributed by atoms with Crippen LogP contribution in [-0.4, -0.2) is 35.4 Å². The molecule has 5 nitrogen and oxygen atoms in total. The van der Waals surface area contributed by atoms with E-state index in [1.54, 1.807) is 31.4 Å². The molecule has 1 saturated heterocycles. The number of anilines is 1. The minimum atomic E-state index is -0.325. The fourth-order valence-electron chi connectivity index (χ4n) is 1.33. The van der Waals surface area contributed by atoms with Gasteiger partial charge in [0.15, 0.2) is 0 Å². The average molecular weight is 191 g/mol. The molecule has 14 heavy (non-hydrogen) atoms. The highest BCUT2D eigenvalue weighted by Gasteiger charge is 2.35. The highest BCUT2D eigenvalue weighted by Crippen LogP contribution is 2.16. The van der Waals surface area contributed by atoms with Gasteiger partial charge in [-0.05, 0) is 12.1 Å². The van der Waals surface area contributed by atoms with Crippen LogP contribution in [0.1, 0.15) is 0 Å². The molecule has 0 bridgehead atoms. The smallest absolute Gasteiger partial charge is 0.318 e. The van der Waals surface area contributed by atoms with Crippen molar-refractivity contribution in [2.75, 3.05) is 18.5 Å². The number of hydrogen-bond donors (Lipinski definition) is 0. The number of carbonyl (C=O) groups is 2. The molecule has 0 atom stereocenters. The number of likely N-dealkylation sites (N-methyl/N-ethyl adjacent to an activating group) is 1. The number of rotatable bonds is 1. The molecule has 3 amide bonds. The monoisotopic (exact) mass is 191 g/mol. The van der Waals surface area contributed by atoms with Crippen molar-refractivity contribution in [2.24, 2.45) is 0 Å². The number of urea groups is 1. The van der Waals surface area contributed by atoms with E-state index in [2.05, 4.69) is 4.98 Å². The maximum Gasteiger partial charge on any atom is 0.332 e. The number of amides is 3. The van der Waals surface area contributed by atoms with Crippen LogP contribution in [0.15, 0.2) is 24.4 Å². The van der Waals surface area contributed by atoms with Crippen LogP contribution in [0.4, 0.5) is 10.6 Å². The molecule has 1 fully saturated rings. The molecule has 1 aliphatic rings. The fourth-order valence-corrected chi connectivity index (χ4v) is 1.33. The van der Waals surface area contributed by atoms with Gasteiger partial charge in [-0.3, -0.25) is 4.79 Å². The minimum Gasteiger partial charge on any atom is -0.318 e. The summed E-state index contributed by atoms with van der Waals surface area (Å²) in [6, 6.07) is 4.78. The lowest BCUT2D eigenvalue weighted by Crippen LogP contribution is -2.31. The van der Waals surface area contributed by atoms with Crippen molar-refractivity contribution in [3.63, 3.8) is 0 Å². The average Bonchev–Trinajstić information content (AvgIpc) is 2.43. The predicted molar refractivity (Wildman–Crippen MR) is 49.7 cm³/mol. The zero-order chi connectivity index (χ0) is 10.1. The summed E-state index contributed by atoms with van der Waals surface area (Å²) in [7, 11) is 1.59. The Morgan fingerprint density at radius 2 is 2.14 bits per heavy atom. The molecule has 1 aromatic heterocycles. The standard InChI is InChI=1S/C9H9N3O2/c1-11-6-8(13)12(9(11)14)7-4-2-3-5-10-7/h2-5H,6H2,1H3. The molecule has 0 spiro atoms. The van der Waals surface area contributed by atoms with Crippen LogP contribution < -0.4 is 4.90 Å². The molecule has 2 heterocycles. The Balaban J connectivity index is 2.36. The predicted octanol–water partition coefficient (Wildman–Crippen LogP) is 0.480. The second kappa shape index (κ2) is 3.10. The molecule has 0 aliphatic carbocycles. The third-order valence-electron chi connectivity index (χ3n) is 2.02. The summed E-state index contributed by atoms with van der Waals surface area (Å²) in [4.78, 5) is 29.3. The zero-order valence-electron chi connectivity index (χ0n) is 7.67. The largest absolute Gasteiger partial charge is 0.332 e. The van der Waals surface area contributed by atoms with Crippen molar-refractivity contribution in [1.82, 2.24) is 9.88 Å². The molecule has 0 N–H and O–H groups in total. The fraction of sp³-hybridized carbons (Fsp3) is 0.222. The van der Waals surface area contributed by atoms with Crippen LogP contribution in [-0.2, 0) is 4.79 Å². The molecule has 1 aliphatic heterocycles. The summed E-state index contributed by atoms with van der Waals surface area (Å²) in [6.45, 7) is 0.120. The molecule has 72 valence electrons. The van der Waals surface area contributed by atoms with Gasteiger partial charge in [0.25, 0.3) is 5.91 Å². The van der Waals surface area contributed by atoms with E-state index in [-0.39, 0.29) is 18.5 Å². The Kier molecular flexibility index (Phi) is 1.92. The van der Waals surface area contributed by atoms with E-state index in [0.717, 1.165) is 4.90 Å². The van der Waals surface area contributed by atoms with Gasteiger partial charge in [-0.25, -0.2) is 14.7 Å². The van der Waals surface area contributed by atoms with Crippen LogP contribution in [0.25, 0.3) is 0 Å². The molecule has 5 heteroatoms. The van der Waals surface area contributed by atoms with Gasteiger partial charge in [0.2, 0.25) is 0 Å². The lowest BCUT2D eigenvalue weighted by atomic mass is 10.4. The summed E-state index contributed by atoms with van der Waals surface area (Å²) in [5, 5.41) is 0. The molecule has 2 rings (SSSR count). The molecular weight excluding hydrogens is 182 g/mol. The Morgan fingerprint density at radius 1 is 1.36 bits per heavy atom. The maximum atomic E-state index is 11.5. The summed E-state index contributed by atoms with van der Waals surface area (Å²) >= 11 is 0. The van der Waals surface area contributed by atoms with Crippen molar-refractivity contribution in [3.8, 4) is 0 Å². The van der Waals surface area contributed by atoms with Crippen LogP contribution in [0, 0.1) is 0 Å². The van der Waals surface area contributed by atoms with Crippen LogP contribution >= 0.6 is 0 Å². The van der Waals surface area contributed by atoms with E-state index in [1.807, 2.05) is 0 Å². The summed E-state index contributed by atoms with van der Waals surface area (Å²) in [5.74, 6) is 0.142. The number of imide groups is 1. The second-order valence-corrected chi connectivity index (χ2v) is 3.06. The van der Waals surface area contributed by atoms with Gasteiger partial charge >= 0.3 is 6.03 Å². The van der Waals surface area contributed by atoms with Crippen molar-refractivity contribution < 1.29 is 9.59 Å². The quantitative estimate of drug-likeness (QED) is 0.607. The Hall–Kier alpha value is -1.91. The Morgan fingerprint density at radius 3 is 2.64 bits per heavy atom. The van der Waals surface area contributed by atoms with Crippen LogP contribution in [0.3, 0.4) is 0 Å². The second-order valence-electron chi connectivity index (χ2n) is 3.06. The van der Waals surface area contributed by atoms with E-state index in [4.69, 9.17) is 0 Å². The topological polar surface area (TPSA) is 53.5 Å². The first-order valence-corrected chi connectivity index (χ1v) is 4.19. The van der Waals surface area contributed by atoms with Crippen molar-refractivity contribution >= 4 is 17.8 Å². The highest BCUT2D eigenvalue weighted by atomic mass is 16.2. The van der Waals surface area contributed by atoms with E-state index in [1.165, 1.54) is 4.90 Å². The van der Waals surface area contributed by atoms with Crippen LogP contribution in [0.2, 0.25) is 0 Å². The number of pyridine rings is 1. The van der Waals surface area contributed by atoms with Gasteiger partial charge in [-0.1, -0.05) is 6.07 Å². The minimum absolute atomic E-state index is 0.120. The third-order valence-corrected chi connectivity index (χ3v) is 2.02. The van der Waals surface area contributed by atoms with Crippen molar-refractivity contribution in [1.29, 1.82) is 0 Å². The van der Waals surface area contributed by atoms with E-state index in [0.29, 0.717) is 5.82 Å². The first kappa shape index (κ1) is 8.68. The molecule has 1 aromatic rings. The summed E-state index contributed by atoms with van der Waals surface area (Å²) < 4.78 is 0. The van der Waals surface area contributed by atoms with Gasteiger partial charge in [0.1, 0.15) is 12.4 Å². The van der Waals surface area contributed by atoms with E-state index < -0.39 is 0 Å². The van der Waals surface area contributed by atoms with Gasteiger partial charge in [0.05, 0.1) is 0 Å². The third kappa shape index (κ3) is 1.22. The highest BCUT2D eigenvalue weighted by molar-refractivity contribution is 6.19. The van der Waals surface area contributed by atoms with Crippen LogP contribution in [0.5, 0.6) is 0 Å². The number of nitrogens with zero attached hydrogens (tertiary/aromatic N) is 3. The maximum absolute atomic E-state index is 11.5. The normalized spacial score (nSPS) is 16.6. The lowest BCUT2D eigenvalue weighted by Gasteiger charge is -2.11. The molecule has 0 aromatic carbocycles. The molecular formula is C9H9N3O2. The molecule has 0 saturated carbocycles. The van der Waals surface area contributed by atoms with E-state index >= 15 is 0 Å². The van der Waals surface area contributed by atoms with Gasteiger partial charge in [-0.2, -0.15) is 0 Å². The lowest BCUT2D eigenvalue weighted by molar-refractivity contribution is -0.116. The number of hydrogen-bond acceptors (Lipinski definition) is 3. The Labute approximate surface area is 80.9 Å². The number of aromatic nitrogens is 1. The molecule has 0 unspecified atom stereocenters. The first-order valence-electron chi connectivity index (χ1n) is 4.19. The first-order chi connectivity index (χ1) is 6.70. The zero-order valence-corrected chi connectivity index (χ0v) is 7.67. The summed E-state index contributed by atoms with van der Waals surface area (Å²) in [5.41, 5.74) is 0. The molecule has 0 radical (unpaired) electrons. The van der Waals surface area contributed by atoms with E-state index in [9.17, 15) is 9.59 Å². The van der Waals surface area contributed by atoms with Gasteiger partial charge < -0.3 is 4.90 Å². The summed E-state index contributed by atoms with van der Waals surface area (Å²) in [6.07, 6.45) is 1.55. The Bertz CT molecular complexity index is 377.